The molecule has 0 bridgehead atoms. The van der Waals surface area contributed by atoms with Crippen LogP contribution in [0, 0.1) is 0 Å². The highest BCUT2D eigenvalue weighted by atomic mass is 16.5. The van der Waals surface area contributed by atoms with Gasteiger partial charge in [0, 0.05) is 18.2 Å². The fraction of sp³-hybridized carbons (Fsp3) is 0.304. The van der Waals surface area contributed by atoms with Crippen LogP contribution in [0.4, 0.5) is 5.69 Å². The summed E-state index contributed by atoms with van der Waals surface area (Å²) in [7, 11) is 0. The van der Waals surface area contributed by atoms with Crippen LogP contribution < -0.4 is 15.4 Å². The SMILES string of the molecule is CCOc1ccc([C@H](C)Nc2cccc3c2C(=O)N(C2CCC(=O)NC2=O)C3=O)cc1. The first-order chi connectivity index (χ1) is 14.9. The minimum atomic E-state index is -0.985. The van der Waals surface area contributed by atoms with E-state index in [-0.39, 0.29) is 30.0 Å². The topological polar surface area (TPSA) is 105 Å². The molecule has 0 aliphatic carbocycles. The first kappa shape index (κ1) is 20.6. The second-order valence-electron chi connectivity index (χ2n) is 7.54. The molecule has 2 N–H and O–H groups in total. The number of imide groups is 2. The van der Waals surface area contributed by atoms with Crippen LogP contribution in [0.1, 0.15) is 59.0 Å². The van der Waals surface area contributed by atoms with Gasteiger partial charge in [-0.1, -0.05) is 18.2 Å². The van der Waals surface area contributed by atoms with Crippen LogP contribution in [0.2, 0.25) is 0 Å². The van der Waals surface area contributed by atoms with Gasteiger partial charge in [0.2, 0.25) is 11.8 Å². The van der Waals surface area contributed by atoms with Crippen molar-refractivity contribution in [1.29, 1.82) is 0 Å². The van der Waals surface area contributed by atoms with E-state index in [0.29, 0.717) is 12.3 Å². The van der Waals surface area contributed by atoms with Gasteiger partial charge in [-0.15, -0.1) is 0 Å². The van der Waals surface area contributed by atoms with Crippen LogP contribution in [0.15, 0.2) is 42.5 Å². The number of hydrogen-bond acceptors (Lipinski definition) is 6. The molecule has 160 valence electrons. The lowest BCUT2D eigenvalue weighted by Crippen LogP contribution is -2.54. The summed E-state index contributed by atoms with van der Waals surface area (Å²) in [5.41, 5.74) is 2.00. The van der Waals surface area contributed by atoms with Crippen molar-refractivity contribution >= 4 is 29.3 Å². The minimum Gasteiger partial charge on any atom is -0.494 e. The molecule has 2 atom stereocenters. The molecule has 2 aliphatic rings. The van der Waals surface area contributed by atoms with Crippen molar-refractivity contribution in [2.45, 2.75) is 38.8 Å². The molecule has 1 fully saturated rings. The summed E-state index contributed by atoms with van der Waals surface area (Å²) in [6.45, 7) is 4.46. The van der Waals surface area contributed by atoms with Gasteiger partial charge in [0.25, 0.3) is 11.8 Å². The van der Waals surface area contributed by atoms with Crippen LogP contribution in [0.3, 0.4) is 0 Å². The molecule has 2 aliphatic heterocycles. The number of benzene rings is 2. The van der Waals surface area contributed by atoms with Crippen LogP contribution in [-0.4, -0.2) is 41.2 Å². The lowest BCUT2D eigenvalue weighted by Gasteiger charge is -2.28. The van der Waals surface area contributed by atoms with E-state index in [1.807, 2.05) is 38.1 Å². The molecule has 0 aromatic heterocycles. The number of rotatable bonds is 6. The number of piperidine rings is 1. The van der Waals surface area contributed by atoms with Crippen LogP contribution in [-0.2, 0) is 9.59 Å². The lowest BCUT2D eigenvalue weighted by molar-refractivity contribution is -0.136. The molecular weight excluding hydrogens is 398 g/mol. The number of anilines is 1. The maximum Gasteiger partial charge on any atom is 0.264 e. The van der Waals surface area contributed by atoms with Crippen LogP contribution in [0.25, 0.3) is 0 Å². The highest BCUT2D eigenvalue weighted by molar-refractivity contribution is 6.25. The number of amides is 4. The quantitative estimate of drug-likeness (QED) is 0.695. The zero-order valence-electron chi connectivity index (χ0n) is 17.3. The van der Waals surface area contributed by atoms with Gasteiger partial charge in [0.05, 0.1) is 17.7 Å². The molecule has 31 heavy (non-hydrogen) atoms. The van der Waals surface area contributed by atoms with Gasteiger partial charge >= 0.3 is 0 Å². The average Bonchev–Trinajstić information content (AvgIpc) is 3.00. The van der Waals surface area contributed by atoms with E-state index in [9.17, 15) is 19.2 Å². The third-order valence-electron chi connectivity index (χ3n) is 5.53. The molecule has 2 heterocycles. The van der Waals surface area contributed by atoms with Crippen molar-refractivity contribution in [2.24, 2.45) is 0 Å². The van der Waals surface area contributed by atoms with Crippen molar-refractivity contribution in [2.75, 3.05) is 11.9 Å². The maximum absolute atomic E-state index is 13.2. The average molecular weight is 421 g/mol. The van der Waals surface area contributed by atoms with Crippen molar-refractivity contribution in [1.82, 2.24) is 10.2 Å². The lowest BCUT2D eigenvalue weighted by atomic mass is 10.0. The predicted molar refractivity (Wildman–Crippen MR) is 113 cm³/mol. The summed E-state index contributed by atoms with van der Waals surface area (Å²) in [6.07, 6.45) is 0.213. The Balaban J connectivity index is 1.58. The van der Waals surface area contributed by atoms with Crippen LogP contribution in [0.5, 0.6) is 5.75 Å². The zero-order valence-corrected chi connectivity index (χ0v) is 17.3. The number of carbonyl (C=O) groups excluding carboxylic acids is 4. The number of nitrogens with one attached hydrogen (secondary N) is 2. The minimum absolute atomic E-state index is 0.0870. The molecule has 8 nitrogen and oxygen atoms in total. The van der Waals surface area contributed by atoms with Gasteiger partial charge in [-0.25, -0.2) is 0 Å². The van der Waals surface area contributed by atoms with Crippen molar-refractivity contribution in [3.8, 4) is 5.75 Å². The Bertz CT molecular complexity index is 1060. The molecule has 2 aromatic rings. The molecule has 0 spiro atoms. The number of nitrogens with zero attached hydrogens (tertiary/aromatic N) is 1. The monoisotopic (exact) mass is 421 g/mol. The standard InChI is InChI=1S/C23H23N3O5/c1-3-31-15-9-7-14(8-10-15)13(2)24-17-6-4-5-16-20(17)23(30)26(22(16)29)18-11-12-19(27)25-21(18)28/h4-10,13,18,24H,3,11-12H2,1-2H3,(H,25,27,28)/t13-,18?/m0/s1. The first-order valence-corrected chi connectivity index (χ1v) is 10.2. The van der Waals surface area contributed by atoms with E-state index >= 15 is 0 Å². The van der Waals surface area contributed by atoms with Gasteiger partial charge in [0.15, 0.2) is 0 Å². The molecule has 0 saturated carbocycles. The highest BCUT2D eigenvalue weighted by Crippen LogP contribution is 2.34. The Labute approximate surface area is 179 Å². The first-order valence-electron chi connectivity index (χ1n) is 10.2. The summed E-state index contributed by atoms with van der Waals surface area (Å²) in [4.78, 5) is 50.8. The molecule has 4 amide bonds. The van der Waals surface area contributed by atoms with E-state index in [2.05, 4.69) is 10.6 Å². The molecule has 1 saturated heterocycles. The molecule has 8 heteroatoms. The van der Waals surface area contributed by atoms with Gasteiger partial charge in [-0.3, -0.25) is 29.4 Å². The van der Waals surface area contributed by atoms with Crippen molar-refractivity contribution < 1.29 is 23.9 Å². The predicted octanol–water partition coefficient (Wildman–Crippen LogP) is 2.66. The fourth-order valence-electron chi connectivity index (χ4n) is 3.97. The second kappa shape index (κ2) is 8.22. The Morgan fingerprint density at radius 3 is 2.52 bits per heavy atom. The third kappa shape index (κ3) is 3.76. The Hall–Kier alpha value is -3.68. The van der Waals surface area contributed by atoms with Crippen LogP contribution >= 0.6 is 0 Å². The van der Waals surface area contributed by atoms with Gasteiger partial charge < -0.3 is 10.1 Å². The largest absolute Gasteiger partial charge is 0.494 e. The van der Waals surface area contributed by atoms with E-state index in [1.54, 1.807) is 18.2 Å². The van der Waals surface area contributed by atoms with E-state index in [0.717, 1.165) is 16.2 Å². The second-order valence-corrected chi connectivity index (χ2v) is 7.54. The Morgan fingerprint density at radius 1 is 1.10 bits per heavy atom. The fourth-order valence-corrected chi connectivity index (χ4v) is 3.97. The van der Waals surface area contributed by atoms with Gasteiger partial charge in [0.1, 0.15) is 11.8 Å². The summed E-state index contributed by atoms with van der Waals surface area (Å²) in [5, 5.41) is 5.51. The smallest absolute Gasteiger partial charge is 0.264 e. The van der Waals surface area contributed by atoms with Gasteiger partial charge in [-0.05, 0) is 50.1 Å². The molecule has 2 aromatic carbocycles. The number of fused-ring (bicyclic) bond motifs is 1. The molecule has 0 radical (unpaired) electrons. The van der Waals surface area contributed by atoms with E-state index in [1.165, 1.54) is 0 Å². The molecule has 1 unspecified atom stereocenters. The number of hydrogen-bond donors (Lipinski definition) is 2. The van der Waals surface area contributed by atoms with Gasteiger partial charge in [-0.2, -0.15) is 0 Å². The number of ether oxygens (including phenoxy) is 1. The normalized spacial score (nSPS) is 19.2. The molecule has 4 rings (SSSR count). The van der Waals surface area contributed by atoms with E-state index in [4.69, 9.17) is 4.74 Å². The number of carbonyl (C=O) groups is 4. The summed E-state index contributed by atoms with van der Waals surface area (Å²) < 4.78 is 5.47. The van der Waals surface area contributed by atoms with E-state index < -0.39 is 29.7 Å². The maximum atomic E-state index is 13.2. The Kier molecular flexibility index (Phi) is 5.46. The van der Waals surface area contributed by atoms with Crippen molar-refractivity contribution in [3.05, 3.63) is 59.2 Å². The zero-order chi connectivity index (χ0) is 22.1. The Morgan fingerprint density at radius 2 is 1.84 bits per heavy atom. The summed E-state index contributed by atoms with van der Waals surface area (Å²) in [5.74, 6) is -1.30. The highest BCUT2D eigenvalue weighted by Gasteiger charge is 2.45. The molecular formula is C23H23N3O5. The summed E-state index contributed by atoms with van der Waals surface area (Å²) in [6, 6.07) is 11.5. The third-order valence-corrected chi connectivity index (χ3v) is 5.53. The summed E-state index contributed by atoms with van der Waals surface area (Å²) >= 11 is 0. The van der Waals surface area contributed by atoms with Crippen molar-refractivity contribution in [3.63, 3.8) is 0 Å².